The van der Waals surface area contributed by atoms with E-state index in [0.29, 0.717) is 5.92 Å². The normalized spacial score (nSPS) is 26.6. The molecule has 0 radical (unpaired) electrons. The molecule has 1 heterocycles. The molecule has 2 unspecified atom stereocenters. The number of dihydropyridines is 1. The summed E-state index contributed by atoms with van der Waals surface area (Å²) in [5, 5.41) is 0.267. The number of rotatable bonds is 6. The largest absolute Gasteiger partial charge is 0.417 e. The average molecular weight is 311 g/mol. The molecule has 1 aliphatic heterocycles. The van der Waals surface area contributed by atoms with E-state index in [0.717, 1.165) is 19.4 Å². The second kappa shape index (κ2) is 6.76. The molecule has 0 bridgehead atoms. The Morgan fingerprint density at radius 3 is 2.48 bits per heavy atom. The predicted molar refractivity (Wildman–Crippen MR) is 95.6 cm³/mol. The van der Waals surface area contributed by atoms with Crippen LogP contribution in [0.2, 0.25) is 18.1 Å². The van der Waals surface area contributed by atoms with Crippen LogP contribution in [0.25, 0.3) is 0 Å². The Morgan fingerprint density at radius 2 is 1.95 bits per heavy atom. The van der Waals surface area contributed by atoms with E-state index in [-0.39, 0.29) is 16.6 Å². The molecule has 0 amide bonds. The van der Waals surface area contributed by atoms with E-state index >= 15 is 0 Å². The van der Waals surface area contributed by atoms with Crippen LogP contribution in [0.5, 0.6) is 0 Å². The third kappa shape index (κ3) is 4.76. The minimum absolute atomic E-state index is 0.176. The highest BCUT2D eigenvalue weighted by Gasteiger charge is 2.38. The SMILES string of the molecule is CC(C)C1N=CC=CC1(N)CCCO[Si](C)(C)C(C)(C)C. The van der Waals surface area contributed by atoms with Crippen LogP contribution in [0.3, 0.4) is 0 Å². The van der Waals surface area contributed by atoms with Crippen molar-refractivity contribution in [1.29, 1.82) is 0 Å². The van der Waals surface area contributed by atoms with Gasteiger partial charge < -0.3 is 10.2 Å². The molecule has 21 heavy (non-hydrogen) atoms. The van der Waals surface area contributed by atoms with Gasteiger partial charge in [0.05, 0.1) is 11.6 Å². The highest BCUT2D eigenvalue weighted by Crippen LogP contribution is 2.36. The quantitative estimate of drug-likeness (QED) is 0.592. The van der Waals surface area contributed by atoms with Crippen LogP contribution in [0.1, 0.15) is 47.5 Å². The molecule has 0 saturated heterocycles. The lowest BCUT2D eigenvalue weighted by Gasteiger charge is -2.38. The van der Waals surface area contributed by atoms with Crippen LogP contribution >= 0.6 is 0 Å². The zero-order chi connectivity index (χ0) is 16.3. The van der Waals surface area contributed by atoms with Gasteiger partial charge in [0.1, 0.15) is 0 Å². The van der Waals surface area contributed by atoms with Crippen molar-refractivity contribution in [3.05, 3.63) is 12.2 Å². The second-order valence-electron chi connectivity index (χ2n) is 8.17. The van der Waals surface area contributed by atoms with Crippen molar-refractivity contribution in [1.82, 2.24) is 0 Å². The Balaban J connectivity index is 2.52. The topological polar surface area (TPSA) is 47.6 Å². The van der Waals surface area contributed by atoms with Crippen molar-refractivity contribution in [3.8, 4) is 0 Å². The Bertz CT molecular complexity index is 396. The van der Waals surface area contributed by atoms with E-state index in [4.69, 9.17) is 10.2 Å². The van der Waals surface area contributed by atoms with Crippen molar-refractivity contribution in [2.24, 2.45) is 16.6 Å². The maximum absolute atomic E-state index is 6.60. The van der Waals surface area contributed by atoms with Crippen molar-refractivity contribution < 1.29 is 4.43 Å². The van der Waals surface area contributed by atoms with Gasteiger partial charge in [-0.3, -0.25) is 4.99 Å². The van der Waals surface area contributed by atoms with Crippen molar-refractivity contribution in [2.45, 2.75) is 77.2 Å². The number of allylic oxidation sites excluding steroid dienone is 1. The van der Waals surface area contributed by atoms with Gasteiger partial charge in [-0.1, -0.05) is 40.7 Å². The minimum Gasteiger partial charge on any atom is -0.417 e. The Morgan fingerprint density at radius 1 is 1.33 bits per heavy atom. The Labute approximate surface area is 132 Å². The first-order chi connectivity index (χ1) is 9.50. The molecule has 0 spiro atoms. The summed E-state index contributed by atoms with van der Waals surface area (Å²) in [6.07, 6.45) is 7.90. The molecule has 0 fully saturated rings. The molecule has 3 nitrogen and oxygen atoms in total. The molecule has 122 valence electrons. The summed E-state index contributed by atoms with van der Waals surface area (Å²) in [4.78, 5) is 4.58. The minimum atomic E-state index is -1.64. The second-order valence-corrected chi connectivity index (χ2v) is 13.0. The van der Waals surface area contributed by atoms with Crippen molar-refractivity contribution in [3.63, 3.8) is 0 Å². The third-order valence-electron chi connectivity index (χ3n) is 4.94. The molecular weight excluding hydrogens is 276 g/mol. The van der Waals surface area contributed by atoms with Crippen molar-refractivity contribution in [2.75, 3.05) is 6.61 Å². The first-order valence-electron chi connectivity index (χ1n) is 8.13. The highest BCUT2D eigenvalue weighted by atomic mass is 28.4. The molecule has 2 N–H and O–H groups in total. The van der Waals surface area contributed by atoms with Gasteiger partial charge in [-0.05, 0) is 43.0 Å². The van der Waals surface area contributed by atoms with Gasteiger partial charge in [0.2, 0.25) is 0 Å². The molecule has 4 heteroatoms. The molecule has 0 aliphatic carbocycles. The zero-order valence-corrected chi connectivity index (χ0v) is 15.9. The van der Waals surface area contributed by atoms with Gasteiger partial charge in [-0.2, -0.15) is 0 Å². The van der Waals surface area contributed by atoms with Gasteiger partial charge in [-0.15, -0.1) is 0 Å². The molecule has 0 aromatic heterocycles. The fraction of sp³-hybridized carbons (Fsp3) is 0.824. The van der Waals surface area contributed by atoms with Gasteiger partial charge in [0.15, 0.2) is 8.32 Å². The van der Waals surface area contributed by atoms with Crippen LogP contribution < -0.4 is 5.73 Å². The van der Waals surface area contributed by atoms with Crippen LogP contribution in [-0.2, 0) is 4.43 Å². The average Bonchev–Trinajstić information content (AvgIpc) is 2.33. The zero-order valence-electron chi connectivity index (χ0n) is 14.9. The standard InChI is InChI=1S/C17H34N2OSi/c1-14(2)15-17(18,10-8-12-19-15)11-9-13-20-21(6,7)16(3,4)5/h8,10,12,14-15H,9,11,13,18H2,1-7H3. The van der Waals surface area contributed by atoms with E-state index in [2.05, 4.69) is 58.8 Å². The summed E-state index contributed by atoms with van der Waals surface area (Å²) in [6.45, 7) is 16.6. The summed E-state index contributed by atoms with van der Waals surface area (Å²) in [7, 11) is -1.64. The van der Waals surface area contributed by atoms with E-state index < -0.39 is 8.32 Å². The smallest absolute Gasteiger partial charge is 0.191 e. The lowest BCUT2D eigenvalue weighted by Crippen LogP contribution is -2.52. The number of aliphatic imine (C=N–C) groups is 1. The summed E-state index contributed by atoms with van der Waals surface area (Å²) in [5.41, 5.74) is 6.28. The molecule has 1 rings (SSSR count). The van der Waals surface area contributed by atoms with E-state index in [9.17, 15) is 0 Å². The lowest BCUT2D eigenvalue weighted by molar-refractivity contribution is 0.249. The number of nitrogens with two attached hydrogens (primary N) is 1. The Hall–Kier alpha value is -0.453. The molecule has 0 aromatic carbocycles. The first-order valence-corrected chi connectivity index (χ1v) is 11.0. The Kier molecular flexibility index (Phi) is 5.98. The fourth-order valence-electron chi connectivity index (χ4n) is 2.55. The maximum Gasteiger partial charge on any atom is 0.191 e. The fourth-order valence-corrected chi connectivity index (χ4v) is 3.64. The van der Waals surface area contributed by atoms with Gasteiger partial charge in [0, 0.05) is 12.8 Å². The van der Waals surface area contributed by atoms with E-state index in [1.165, 1.54) is 0 Å². The van der Waals surface area contributed by atoms with Crippen LogP contribution in [0, 0.1) is 5.92 Å². The maximum atomic E-state index is 6.60. The monoisotopic (exact) mass is 310 g/mol. The summed E-state index contributed by atoms with van der Waals surface area (Å²) < 4.78 is 6.25. The molecule has 2 atom stereocenters. The predicted octanol–water partition coefficient (Wildman–Crippen LogP) is 4.15. The molecule has 0 saturated carbocycles. The van der Waals surface area contributed by atoms with Crippen LogP contribution in [-0.4, -0.2) is 32.7 Å². The van der Waals surface area contributed by atoms with Crippen LogP contribution in [0.15, 0.2) is 17.1 Å². The van der Waals surface area contributed by atoms with Gasteiger partial charge >= 0.3 is 0 Å². The highest BCUT2D eigenvalue weighted by molar-refractivity contribution is 6.74. The third-order valence-corrected chi connectivity index (χ3v) is 9.48. The summed E-state index contributed by atoms with van der Waals surface area (Å²) in [6, 6.07) is 0.176. The lowest BCUT2D eigenvalue weighted by atomic mass is 9.79. The summed E-state index contributed by atoms with van der Waals surface area (Å²) >= 11 is 0. The molecular formula is C17H34N2OSi. The summed E-state index contributed by atoms with van der Waals surface area (Å²) in [5.74, 6) is 0.456. The number of nitrogens with zero attached hydrogens (tertiary/aromatic N) is 1. The first kappa shape index (κ1) is 18.6. The van der Waals surface area contributed by atoms with Gasteiger partial charge in [0.25, 0.3) is 0 Å². The number of hydrogen-bond acceptors (Lipinski definition) is 3. The van der Waals surface area contributed by atoms with E-state index in [1.54, 1.807) is 0 Å². The molecule has 0 aromatic rings. The molecule has 1 aliphatic rings. The van der Waals surface area contributed by atoms with Crippen LogP contribution in [0.4, 0.5) is 0 Å². The van der Waals surface area contributed by atoms with Gasteiger partial charge in [-0.25, -0.2) is 0 Å². The van der Waals surface area contributed by atoms with E-state index in [1.807, 2.05) is 12.3 Å². The van der Waals surface area contributed by atoms with Crippen molar-refractivity contribution >= 4 is 14.5 Å². The number of hydrogen-bond donors (Lipinski definition) is 1.